The number of amides is 1. The summed E-state index contributed by atoms with van der Waals surface area (Å²) in [6.45, 7) is -0.571. The zero-order valence-corrected chi connectivity index (χ0v) is 22.5. The molecule has 0 spiro atoms. The molecule has 0 saturated carbocycles. The van der Waals surface area contributed by atoms with Crippen LogP contribution in [0.25, 0.3) is 0 Å². The summed E-state index contributed by atoms with van der Waals surface area (Å²) in [7, 11) is 0. The number of carbonyl (C=O) groups is 3. The molecule has 3 aromatic rings. The molecular formula is C25H20FI2NO6. The van der Waals surface area contributed by atoms with Gasteiger partial charge < -0.3 is 19.9 Å². The molecule has 0 fully saturated rings. The zero-order valence-electron chi connectivity index (χ0n) is 18.2. The molecule has 35 heavy (non-hydrogen) atoms. The predicted molar refractivity (Wildman–Crippen MR) is 142 cm³/mol. The number of rotatable bonds is 9. The van der Waals surface area contributed by atoms with Gasteiger partial charge in [0.15, 0.2) is 12.4 Å². The van der Waals surface area contributed by atoms with Crippen LogP contribution in [0.1, 0.15) is 21.5 Å². The number of aromatic hydroxyl groups is 1. The van der Waals surface area contributed by atoms with E-state index in [1.807, 2.05) is 63.4 Å². The minimum atomic E-state index is -1.16. The lowest BCUT2D eigenvalue weighted by Crippen LogP contribution is -2.44. The third-order valence-electron chi connectivity index (χ3n) is 4.82. The fourth-order valence-electron chi connectivity index (χ4n) is 3.03. The first-order valence-corrected chi connectivity index (χ1v) is 12.5. The minimum absolute atomic E-state index is 0.00645. The largest absolute Gasteiger partial charge is 0.506 e. The quantitative estimate of drug-likeness (QED) is 0.185. The smallest absolute Gasteiger partial charge is 0.408 e. The lowest BCUT2D eigenvalue weighted by Gasteiger charge is -2.18. The van der Waals surface area contributed by atoms with Crippen molar-refractivity contribution in [1.29, 1.82) is 0 Å². The van der Waals surface area contributed by atoms with Gasteiger partial charge in [-0.1, -0.05) is 30.3 Å². The summed E-state index contributed by atoms with van der Waals surface area (Å²) in [5.74, 6) is -1.73. The van der Waals surface area contributed by atoms with E-state index in [1.54, 1.807) is 24.3 Å². The van der Waals surface area contributed by atoms with Crippen LogP contribution < -0.4 is 5.32 Å². The Balaban J connectivity index is 1.69. The van der Waals surface area contributed by atoms with Crippen LogP contribution in [0.3, 0.4) is 0 Å². The van der Waals surface area contributed by atoms with Crippen LogP contribution in [0.2, 0.25) is 0 Å². The first-order chi connectivity index (χ1) is 16.7. The van der Waals surface area contributed by atoms with Crippen LogP contribution in [0, 0.1) is 13.0 Å². The van der Waals surface area contributed by atoms with Gasteiger partial charge in [-0.15, -0.1) is 0 Å². The minimum Gasteiger partial charge on any atom is -0.506 e. The van der Waals surface area contributed by atoms with E-state index < -0.39 is 36.3 Å². The first kappa shape index (κ1) is 26.9. The molecular weight excluding hydrogens is 683 g/mol. The maximum atomic E-state index is 13.1. The van der Waals surface area contributed by atoms with E-state index in [9.17, 15) is 23.9 Å². The highest BCUT2D eigenvalue weighted by Crippen LogP contribution is 2.28. The van der Waals surface area contributed by atoms with Gasteiger partial charge in [0.05, 0.1) is 7.14 Å². The van der Waals surface area contributed by atoms with Gasteiger partial charge in [-0.3, -0.25) is 4.79 Å². The first-order valence-electron chi connectivity index (χ1n) is 10.3. The number of ether oxygens (including phenoxy) is 2. The van der Waals surface area contributed by atoms with Crippen LogP contribution in [-0.2, 0) is 27.3 Å². The molecule has 3 aromatic carbocycles. The summed E-state index contributed by atoms with van der Waals surface area (Å²) >= 11 is 3.93. The van der Waals surface area contributed by atoms with E-state index in [2.05, 4.69) is 5.32 Å². The molecule has 0 unspecified atom stereocenters. The molecule has 182 valence electrons. The Hall–Kier alpha value is -2.74. The van der Waals surface area contributed by atoms with Gasteiger partial charge in [0.1, 0.15) is 24.2 Å². The van der Waals surface area contributed by atoms with Crippen LogP contribution in [0.15, 0.2) is 66.7 Å². The molecule has 0 heterocycles. The van der Waals surface area contributed by atoms with Crippen molar-refractivity contribution in [2.45, 2.75) is 19.1 Å². The average molecular weight is 703 g/mol. The van der Waals surface area contributed by atoms with E-state index in [4.69, 9.17) is 9.47 Å². The second kappa shape index (κ2) is 12.8. The second-order valence-electron chi connectivity index (χ2n) is 7.41. The number of phenols is 1. The maximum absolute atomic E-state index is 13.1. The van der Waals surface area contributed by atoms with E-state index >= 15 is 0 Å². The normalized spacial score (nSPS) is 11.4. The van der Waals surface area contributed by atoms with Gasteiger partial charge in [-0.25, -0.2) is 14.0 Å². The molecule has 2 N–H and O–H groups in total. The third-order valence-corrected chi connectivity index (χ3v) is 6.46. The summed E-state index contributed by atoms with van der Waals surface area (Å²) in [5, 5.41) is 12.5. The number of carbonyl (C=O) groups excluding carboxylic acids is 3. The lowest BCUT2D eigenvalue weighted by molar-refractivity contribution is -0.144. The second-order valence-corrected chi connectivity index (χ2v) is 9.73. The van der Waals surface area contributed by atoms with Crippen LogP contribution >= 0.6 is 45.2 Å². The van der Waals surface area contributed by atoms with Crippen molar-refractivity contribution in [3.63, 3.8) is 0 Å². The van der Waals surface area contributed by atoms with Gasteiger partial charge in [-0.05, 0) is 92.7 Å². The van der Waals surface area contributed by atoms with Gasteiger partial charge in [0.2, 0.25) is 0 Å². The number of benzene rings is 3. The van der Waals surface area contributed by atoms with Crippen molar-refractivity contribution in [3.05, 3.63) is 96.4 Å². The monoisotopic (exact) mass is 703 g/mol. The number of halogens is 3. The zero-order chi connectivity index (χ0) is 25.4. The van der Waals surface area contributed by atoms with E-state index in [0.29, 0.717) is 12.7 Å². The molecule has 0 radical (unpaired) electrons. The Morgan fingerprint density at radius 2 is 1.54 bits per heavy atom. The molecule has 0 aliphatic heterocycles. The molecule has 7 nitrogen and oxygen atoms in total. The highest BCUT2D eigenvalue weighted by atomic mass is 127. The Labute approximate surface area is 228 Å². The third kappa shape index (κ3) is 8.16. The molecule has 0 saturated heterocycles. The van der Waals surface area contributed by atoms with Crippen molar-refractivity contribution in [2.75, 3.05) is 6.61 Å². The van der Waals surface area contributed by atoms with Crippen molar-refractivity contribution < 1.29 is 33.4 Å². The number of hydrogen-bond donors (Lipinski definition) is 2. The van der Waals surface area contributed by atoms with Crippen LogP contribution in [0.4, 0.5) is 9.18 Å². The summed E-state index contributed by atoms with van der Waals surface area (Å²) in [6.07, 6.45) is -0.792. The fraction of sp³-hybridized carbons (Fsp3) is 0.160. The van der Waals surface area contributed by atoms with Crippen molar-refractivity contribution in [1.82, 2.24) is 5.32 Å². The molecule has 3 rings (SSSR count). The maximum Gasteiger partial charge on any atom is 0.408 e. The number of Topliss-reactive ketones (excluding diaryl/α,β-unsaturated/α-hetero) is 1. The molecule has 0 aromatic heterocycles. The van der Waals surface area contributed by atoms with Gasteiger partial charge in [0, 0.05) is 12.0 Å². The summed E-state index contributed by atoms with van der Waals surface area (Å²) < 4.78 is 24.6. The standard InChI is InChI=1S/C25H20FI2NO6/c26-18-8-6-17(7-9-18)22(30)14-34-24(32)21(12-16-10-19(27)23(31)20(28)11-16)29-25(33)35-13-15-4-2-1-3-5-15/h1-11,21,31H,12-14H2,(H,29,33)/t21-/m0/s1. The molecule has 1 amide bonds. The summed E-state index contributed by atoms with van der Waals surface area (Å²) in [4.78, 5) is 37.5. The summed E-state index contributed by atoms with van der Waals surface area (Å²) in [6, 6.07) is 16.1. The number of alkyl carbamates (subject to hydrolysis) is 1. The van der Waals surface area contributed by atoms with Gasteiger partial charge in [-0.2, -0.15) is 0 Å². The van der Waals surface area contributed by atoms with Crippen molar-refractivity contribution >= 4 is 63.0 Å². The number of esters is 1. The Morgan fingerprint density at radius 3 is 2.17 bits per heavy atom. The number of phenolic OH excluding ortho intramolecular Hbond substituents is 1. The average Bonchev–Trinajstić information content (AvgIpc) is 2.85. The molecule has 0 aliphatic rings. The number of hydrogen-bond acceptors (Lipinski definition) is 6. The molecule has 0 bridgehead atoms. The van der Waals surface area contributed by atoms with Crippen LogP contribution in [-0.4, -0.2) is 35.6 Å². The Morgan fingerprint density at radius 1 is 0.914 bits per heavy atom. The highest BCUT2D eigenvalue weighted by Gasteiger charge is 2.25. The predicted octanol–water partition coefficient (Wildman–Crippen LogP) is 5.00. The van der Waals surface area contributed by atoms with Crippen molar-refractivity contribution in [2.24, 2.45) is 0 Å². The molecule has 1 atom stereocenters. The Kier molecular flexibility index (Phi) is 9.83. The number of nitrogens with one attached hydrogen (secondary N) is 1. The topological polar surface area (TPSA) is 102 Å². The van der Waals surface area contributed by atoms with E-state index in [-0.39, 0.29) is 24.3 Å². The fourth-order valence-corrected chi connectivity index (χ4v) is 4.93. The van der Waals surface area contributed by atoms with Crippen LogP contribution in [0.5, 0.6) is 5.75 Å². The van der Waals surface area contributed by atoms with Gasteiger partial charge >= 0.3 is 12.1 Å². The SMILES string of the molecule is O=C(N[C@@H](Cc1cc(I)c(O)c(I)c1)C(=O)OCC(=O)c1ccc(F)cc1)OCc1ccccc1. The molecule has 10 heteroatoms. The number of ketones is 1. The highest BCUT2D eigenvalue weighted by molar-refractivity contribution is 14.1. The molecule has 0 aliphatic carbocycles. The van der Waals surface area contributed by atoms with E-state index in [0.717, 1.165) is 17.7 Å². The van der Waals surface area contributed by atoms with Gasteiger partial charge in [0.25, 0.3) is 0 Å². The summed E-state index contributed by atoms with van der Waals surface area (Å²) in [5.41, 5.74) is 1.62. The van der Waals surface area contributed by atoms with Crippen molar-refractivity contribution in [3.8, 4) is 5.75 Å². The Bertz CT molecular complexity index is 1180. The lowest BCUT2D eigenvalue weighted by atomic mass is 10.1. The van der Waals surface area contributed by atoms with E-state index in [1.165, 1.54) is 12.1 Å².